The third kappa shape index (κ3) is 7.09. The molecule has 0 saturated carbocycles. The number of unbranched alkanes of at least 4 members (excludes halogenated alkanes) is 4. The van der Waals surface area contributed by atoms with Gasteiger partial charge in [-0.1, -0.05) is 52.9 Å². The van der Waals surface area contributed by atoms with Crippen molar-refractivity contribution in [2.75, 3.05) is 21.3 Å². The molecule has 0 aliphatic carbocycles. The molecule has 2 N–H and O–H groups in total. The Bertz CT molecular complexity index is 234. The third-order valence-electron chi connectivity index (χ3n) is 4.19. The molecule has 4 heteroatoms. The van der Waals surface area contributed by atoms with Gasteiger partial charge in [-0.15, -0.1) is 0 Å². The highest BCUT2D eigenvalue weighted by Crippen LogP contribution is 2.33. The van der Waals surface area contributed by atoms with Crippen molar-refractivity contribution >= 4 is 0 Å². The van der Waals surface area contributed by atoms with Crippen molar-refractivity contribution in [2.24, 2.45) is 17.6 Å². The van der Waals surface area contributed by atoms with E-state index in [4.69, 9.17) is 19.9 Å². The van der Waals surface area contributed by atoms with E-state index in [1.54, 1.807) is 21.3 Å². The van der Waals surface area contributed by atoms with Gasteiger partial charge in [0.1, 0.15) is 0 Å². The van der Waals surface area contributed by atoms with Crippen molar-refractivity contribution in [3.63, 3.8) is 0 Å². The number of hydrogen-bond acceptors (Lipinski definition) is 4. The molecule has 0 bridgehead atoms. The summed E-state index contributed by atoms with van der Waals surface area (Å²) in [5, 5.41) is 0. The third-order valence-corrected chi connectivity index (χ3v) is 4.19. The lowest BCUT2D eigenvalue weighted by Gasteiger charge is -2.40. The summed E-state index contributed by atoms with van der Waals surface area (Å²) in [6.45, 7) is 6.61. The first-order chi connectivity index (χ1) is 9.97. The SMILES string of the molecule is CCCCCCCC(N)C(CC(C)C)C(OC)(OC)OC. The normalized spacial score (nSPS) is 15.4. The highest BCUT2D eigenvalue weighted by atomic mass is 16.9. The lowest BCUT2D eigenvalue weighted by Crippen LogP contribution is -2.52. The van der Waals surface area contributed by atoms with Crippen molar-refractivity contribution in [1.82, 2.24) is 0 Å². The van der Waals surface area contributed by atoms with E-state index in [2.05, 4.69) is 20.8 Å². The Balaban J connectivity index is 4.65. The van der Waals surface area contributed by atoms with Gasteiger partial charge in [0.05, 0.1) is 5.92 Å². The zero-order valence-electron chi connectivity index (χ0n) is 15.0. The molecule has 21 heavy (non-hydrogen) atoms. The molecule has 2 atom stereocenters. The molecule has 0 aromatic carbocycles. The Morgan fingerprint density at radius 1 is 0.905 bits per heavy atom. The fourth-order valence-electron chi connectivity index (χ4n) is 2.98. The van der Waals surface area contributed by atoms with E-state index in [0.717, 1.165) is 19.3 Å². The zero-order chi connectivity index (χ0) is 16.3. The van der Waals surface area contributed by atoms with Crippen LogP contribution in [-0.4, -0.2) is 33.3 Å². The summed E-state index contributed by atoms with van der Waals surface area (Å²) in [5.41, 5.74) is 6.45. The molecule has 0 amide bonds. The Morgan fingerprint density at radius 2 is 1.43 bits per heavy atom. The van der Waals surface area contributed by atoms with Gasteiger partial charge in [0.2, 0.25) is 0 Å². The standard InChI is InChI=1S/C17H37NO3/c1-7-8-9-10-11-12-16(18)15(13-14(2)3)17(19-4,20-5)21-6/h14-16H,7-13,18H2,1-6H3. The van der Waals surface area contributed by atoms with Crippen molar-refractivity contribution in [3.05, 3.63) is 0 Å². The number of nitrogens with two attached hydrogens (primary N) is 1. The summed E-state index contributed by atoms with van der Waals surface area (Å²) in [7, 11) is 4.86. The van der Waals surface area contributed by atoms with E-state index >= 15 is 0 Å². The van der Waals surface area contributed by atoms with Crippen molar-refractivity contribution in [1.29, 1.82) is 0 Å². The molecule has 0 aromatic rings. The minimum Gasteiger partial charge on any atom is -0.331 e. The molecule has 4 nitrogen and oxygen atoms in total. The van der Waals surface area contributed by atoms with Crippen LogP contribution in [0.5, 0.6) is 0 Å². The molecular weight excluding hydrogens is 266 g/mol. The predicted molar refractivity (Wildman–Crippen MR) is 88.1 cm³/mol. The van der Waals surface area contributed by atoms with Crippen LogP contribution in [0.25, 0.3) is 0 Å². The number of methoxy groups -OCH3 is 3. The second-order valence-corrected chi connectivity index (χ2v) is 6.32. The van der Waals surface area contributed by atoms with Gasteiger partial charge < -0.3 is 19.9 Å². The Labute approximate surface area is 131 Å². The summed E-state index contributed by atoms with van der Waals surface area (Å²) in [4.78, 5) is 0. The van der Waals surface area contributed by atoms with Crippen LogP contribution in [0, 0.1) is 11.8 Å². The number of rotatable bonds is 13. The molecular formula is C17H37NO3. The summed E-state index contributed by atoms with van der Waals surface area (Å²) in [6, 6.07) is 0.0221. The first kappa shape index (κ1) is 20.8. The minimum absolute atomic E-state index is 0.0221. The molecule has 0 rings (SSSR count). The highest BCUT2D eigenvalue weighted by molar-refractivity contribution is 4.82. The van der Waals surface area contributed by atoms with Crippen molar-refractivity contribution in [2.45, 2.75) is 77.7 Å². The Kier molecular flexibility index (Phi) is 11.3. The maximum absolute atomic E-state index is 6.45. The first-order valence-corrected chi connectivity index (χ1v) is 8.38. The molecule has 0 saturated heterocycles. The average molecular weight is 303 g/mol. The molecule has 0 radical (unpaired) electrons. The topological polar surface area (TPSA) is 53.7 Å². The Hall–Kier alpha value is -0.160. The van der Waals surface area contributed by atoms with Gasteiger partial charge in [-0.05, 0) is 18.8 Å². The van der Waals surface area contributed by atoms with Crippen LogP contribution in [0.3, 0.4) is 0 Å². The summed E-state index contributed by atoms with van der Waals surface area (Å²) < 4.78 is 16.6. The maximum Gasteiger partial charge on any atom is 0.286 e. The van der Waals surface area contributed by atoms with E-state index in [-0.39, 0.29) is 12.0 Å². The van der Waals surface area contributed by atoms with Crippen LogP contribution < -0.4 is 5.73 Å². The summed E-state index contributed by atoms with van der Waals surface area (Å²) in [6.07, 6.45) is 8.18. The molecule has 0 fully saturated rings. The average Bonchev–Trinajstić information content (AvgIpc) is 2.47. The van der Waals surface area contributed by atoms with Gasteiger partial charge in [0.25, 0.3) is 5.97 Å². The fourth-order valence-corrected chi connectivity index (χ4v) is 2.98. The van der Waals surface area contributed by atoms with Crippen LogP contribution in [-0.2, 0) is 14.2 Å². The van der Waals surface area contributed by atoms with Gasteiger partial charge in [0.15, 0.2) is 0 Å². The first-order valence-electron chi connectivity index (χ1n) is 8.38. The van der Waals surface area contributed by atoms with Gasteiger partial charge >= 0.3 is 0 Å². The van der Waals surface area contributed by atoms with Crippen molar-refractivity contribution in [3.8, 4) is 0 Å². The minimum atomic E-state index is -1.03. The number of hydrogen-bond donors (Lipinski definition) is 1. The van der Waals surface area contributed by atoms with Crippen LogP contribution in [0.2, 0.25) is 0 Å². The molecule has 128 valence electrons. The van der Waals surface area contributed by atoms with E-state index < -0.39 is 5.97 Å². The van der Waals surface area contributed by atoms with E-state index in [1.807, 2.05) is 0 Å². The monoisotopic (exact) mass is 303 g/mol. The smallest absolute Gasteiger partial charge is 0.286 e. The van der Waals surface area contributed by atoms with Gasteiger partial charge in [-0.3, -0.25) is 0 Å². The highest BCUT2D eigenvalue weighted by Gasteiger charge is 2.43. The van der Waals surface area contributed by atoms with Gasteiger partial charge in [0, 0.05) is 27.4 Å². The van der Waals surface area contributed by atoms with E-state index in [0.29, 0.717) is 5.92 Å². The molecule has 0 spiro atoms. The predicted octanol–water partition coefficient (Wildman–Crippen LogP) is 3.93. The largest absolute Gasteiger partial charge is 0.331 e. The maximum atomic E-state index is 6.45. The Morgan fingerprint density at radius 3 is 1.86 bits per heavy atom. The lowest BCUT2D eigenvalue weighted by molar-refractivity contribution is -0.382. The zero-order valence-corrected chi connectivity index (χ0v) is 15.0. The van der Waals surface area contributed by atoms with Crippen LogP contribution in [0.15, 0.2) is 0 Å². The van der Waals surface area contributed by atoms with Crippen LogP contribution in [0.4, 0.5) is 0 Å². The molecule has 0 aromatic heterocycles. The summed E-state index contributed by atoms with van der Waals surface area (Å²) >= 11 is 0. The fraction of sp³-hybridized carbons (Fsp3) is 1.00. The second kappa shape index (κ2) is 11.4. The van der Waals surface area contributed by atoms with E-state index in [1.165, 1.54) is 25.7 Å². The second-order valence-electron chi connectivity index (χ2n) is 6.32. The quantitative estimate of drug-likeness (QED) is 0.414. The molecule has 0 heterocycles. The molecule has 0 aliphatic rings. The lowest BCUT2D eigenvalue weighted by atomic mass is 9.85. The molecule has 2 unspecified atom stereocenters. The number of ether oxygens (including phenoxy) is 3. The summed E-state index contributed by atoms with van der Waals surface area (Å²) in [5.74, 6) is -0.489. The molecule has 0 aliphatic heterocycles. The van der Waals surface area contributed by atoms with Gasteiger partial charge in [-0.25, -0.2) is 0 Å². The van der Waals surface area contributed by atoms with Crippen LogP contribution >= 0.6 is 0 Å². The van der Waals surface area contributed by atoms with Gasteiger partial charge in [-0.2, -0.15) is 0 Å². The van der Waals surface area contributed by atoms with E-state index in [9.17, 15) is 0 Å². The van der Waals surface area contributed by atoms with Crippen molar-refractivity contribution < 1.29 is 14.2 Å². The van der Waals surface area contributed by atoms with Crippen LogP contribution in [0.1, 0.15) is 65.7 Å².